The number of pyridine rings is 1. The molecular weight excluding hydrogens is 254 g/mol. The number of aryl methyl sites for hydroxylation is 2. The number of fused-ring (bicyclic) bond motifs is 1. The quantitative estimate of drug-likeness (QED) is 0.834. The van der Waals surface area contributed by atoms with Crippen LogP contribution in [0.25, 0.3) is 0 Å². The summed E-state index contributed by atoms with van der Waals surface area (Å²) in [7, 11) is 2.06. The molecule has 1 amide bonds. The Kier molecular flexibility index (Phi) is 3.61. The molecule has 1 aliphatic heterocycles. The van der Waals surface area contributed by atoms with Gasteiger partial charge in [0.25, 0.3) is 11.5 Å². The van der Waals surface area contributed by atoms with Crippen LogP contribution >= 0.6 is 0 Å². The Morgan fingerprint density at radius 3 is 3.05 bits per heavy atom. The van der Waals surface area contributed by atoms with Crippen LogP contribution in [0.3, 0.4) is 0 Å². The van der Waals surface area contributed by atoms with Crippen LogP contribution < -0.4 is 10.9 Å². The number of aromatic nitrogens is 1. The second-order valence-electron chi connectivity index (χ2n) is 5.94. The smallest absolute Gasteiger partial charge is 0.261 e. The van der Waals surface area contributed by atoms with Crippen LogP contribution in [0.15, 0.2) is 10.9 Å². The summed E-state index contributed by atoms with van der Waals surface area (Å²) in [6.45, 7) is 1.93. The Balaban J connectivity index is 1.75. The lowest BCUT2D eigenvalue weighted by molar-refractivity contribution is 0.0911. The van der Waals surface area contributed by atoms with E-state index in [4.69, 9.17) is 0 Å². The third-order valence-corrected chi connectivity index (χ3v) is 4.29. The molecule has 108 valence electrons. The van der Waals surface area contributed by atoms with Crippen molar-refractivity contribution in [3.05, 3.63) is 33.2 Å². The monoisotopic (exact) mass is 275 g/mol. The molecule has 1 aromatic rings. The number of carbonyl (C=O) groups is 1. The minimum atomic E-state index is -0.257. The Labute approximate surface area is 118 Å². The first-order valence-corrected chi connectivity index (χ1v) is 7.38. The van der Waals surface area contributed by atoms with Crippen molar-refractivity contribution >= 4 is 5.91 Å². The van der Waals surface area contributed by atoms with E-state index in [-0.39, 0.29) is 23.1 Å². The minimum absolute atomic E-state index is 0.147. The van der Waals surface area contributed by atoms with Crippen molar-refractivity contribution in [3.63, 3.8) is 0 Å². The SMILES string of the molecule is CN1CCC[C@H](NC(=O)c2cc3c([nH]c2=O)CCC3)C1. The molecule has 2 aliphatic rings. The predicted molar refractivity (Wildman–Crippen MR) is 77.1 cm³/mol. The highest BCUT2D eigenvalue weighted by Gasteiger charge is 2.22. The van der Waals surface area contributed by atoms with Gasteiger partial charge in [-0.3, -0.25) is 9.59 Å². The maximum atomic E-state index is 12.3. The number of H-pyrrole nitrogens is 1. The van der Waals surface area contributed by atoms with Crippen LogP contribution in [-0.2, 0) is 12.8 Å². The zero-order valence-corrected chi connectivity index (χ0v) is 11.9. The van der Waals surface area contributed by atoms with Crippen molar-refractivity contribution in [2.45, 2.75) is 38.1 Å². The lowest BCUT2D eigenvalue weighted by Crippen LogP contribution is -2.47. The lowest BCUT2D eigenvalue weighted by atomic mass is 10.1. The van der Waals surface area contributed by atoms with E-state index in [1.165, 1.54) is 0 Å². The average Bonchev–Trinajstić information content (AvgIpc) is 2.84. The molecule has 0 radical (unpaired) electrons. The minimum Gasteiger partial charge on any atom is -0.348 e. The first-order valence-electron chi connectivity index (χ1n) is 7.38. The molecular formula is C15H21N3O2. The summed E-state index contributed by atoms with van der Waals surface area (Å²) >= 11 is 0. The normalized spacial score (nSPS) is 22.6. The van der Waals surface area contributed by atoms with Crippen molar-refractivity contribution in [1.29, 1.82) is 0 Å². The van der Waals surface area contributed by atoms with Crippen LogP contribution in [0, 0.1) is 0 Å². The number of aromatic amines is 1. The average molecular weight is 275 g/mol. The number of nitrogens with one attached hydrogen (secondary N) is 2. The molecule has 5 nitrogen and oxygen atoms in total. The number of likely N-dealkylation sites (tertiary alicyclic amines) is 1. The van der Waals surface area contributed by atoms with Crippen molar-refractivity contribution in [2.24, 2.45) is 0 Å². The molecule has 1 fully saturated rings. The molecule has 1 atom stereocenters. The maximum Gasteiger partial charge on any atom is 0.261 e. The van der Waals surface area contributed by atoms with Gasteiger partial charge in [-0.05, 0) is 57.3 Å². The molecule has 2 heterocycles. The van der Waals surface area contributed by atoms with Gasteiger partial charge >= 0.3 is 0 Å². The number of carbonyl (C=O) groups excluding carboxylic acids is 1. The first kappa shape index (κ1) is 13.4. The van der Waals surface area contributed by atoms with Crippen LogP contribution in [0.4, 0.5) is 0 Å². The first-order chi connectivity index (χ1) is 9.63. The van der Waals surface area contributed by atoms with Gasteiger partial charge in [-0.2, -0.15) is 0 Å². The number of nitrogens with zero attached hydrogens (tertiary/aromatic N) is 1. The molecule has 0 spiro atoms. The third kappa shape index (κ3) is 2.63. The second kappa shape index (κ2) is 5.40. The molecule has 1 aromatic heterocycles. The fourth-order valence-corrected chi connectivity index (χ4v) is 3.23. The van der Waals surface area contributed by atoms with E-state index in [9.17, 15) is 9.59 Å². The van der Waals surface area contributed by atoms with Gasteiger partial charge in [-0.15, -0.1) is 0 Å². The molecule has 3 rings (SSSR count). The van der Waals surface area contributed by atoms with E-state index < -0.39 is 0 Å². The number of hydrogen-bond acceptors (Lipinski definition) is 3. The Morgan fingerprint density at radius 1 is 1.40 bits per heavy atom. The summed E-state index contributed by atoms with van der Waals surface area (Å²) in [5.41, 5.74) is 2.13. The molecule has 20 heavy (non-hydrogen) atoms. The van der Waals surface area contributed by atoms with Gasteiger partial charge in [0.2, 0.25) is 0 Å². The summed E-state index contributed by atoms with van der Waals surface area (Å²) < 4.78 is 0. The number of hydrogen-bond donors (Lipinski definition) is 2. The van der Waals surface area contributed by atoms with Gasteiger partial charge in [0.15, 0.2) is 0 Å². The number of piperidine rings is 1. The second-order valence-corrected chi connectivity index (χ2v) is 5.94. The van der Waals surface area contributed by atoms with Crippen molar-refractivity contribution < 1.29 is 4.79 Å². The van der Waals surface area contributed by atoms with Gasteiger partial charge in [-0.25, -0.2) is 0 Å². The van der Waals surface area contributed by atoms with Crippen LogP contribution in [0.2, 0.25) is 0 Å². The molecule has 0 unspecified atom stereocenters. The zero-order chi connectivity index (χ0) is 14.1. The van der Waals surface area contributed by atoms with Crippen LogP contribution in [0.1, 0.15) is 40.9 Å². The molecule has 2 N–H and O–H groups in total. The topological polar surface area (TPSA) is 65.2 Å². The summed E-state index contributed by atoms with van der Waals surface area (Å²) in [5.74, 6) is -0.235. The zero-order valence-electron chi connectivity index (χ0n) is 11.9. The Bertz CT molecular complexity index is 579. The molecule has 1 saturated heterocycles. The maximum absolute atomic E-state index is 12.3. The highest BCUT2D eigenvalue weighted by atomic mass is 16.2. The molecule has 0 bridgehead atoms. The van der Waals surface area contributed by atoms with Crippen molar-refractivity contribution in [1.82, 2.24) is 15.2 Å². The number of rotatable bonds is 2. The van der Waals surface area contributed by atoms with Gasteiger partial charge in [0, 0.05) is 18.3 Å². The highest BCUT2D eigenvalue weighted by Crippen LogP contribution is 2.19. The van der Waals surface area contributed by atoms with E-state index in [1.54, 1.807) is 6.07 Å². The van der Waals surface area contributed by atoms with E-state index >= 15 is 0 Å². The molecule has 0 saturated carbocycles. The van der Waals surface area contributed by atoms with Gasteiger partial charge < -0.3 is 15.2 Å². The summed E-state index contributed by atoms with van der Waals surface area (Å²) in [6, 6.07) is 1.93. The van der Waals surface area contributed by atoms with E-state index in [0.717, 1.165) is 56.5 Å². The van der Waals surface area contributed by atoms with Gasteiger partial charge in [0.1, 0.15) is 5.56 Å². The largest absolute Gasteiger partial charge is 0.348 e. The highest BCUT2D eigenvalue weighted by molar-refractivity contribution is 5.94. The van der Waals surface area contributed by atoms with E-state index in [2.05, 4.69) is 22.2 Å². The molecule has 5 heteroatoms. The Hall–Kier alpha value is -1.62. The molecule has 1 aliphatic carbocycles. The predicted octanol–water partition coefficient (Wildman–Crippen LogP) is 0.688. The van der Waals surface area contributed by atoms with Crippen molar-refractivity contribution in [3.8, 4) is 0 Å². The summed E-state index contributed by atoms with van der Waals surface area (Å²) in [4.78, 5) is 29.4. The third-order valence-electron chi connectivity index (χ3n) is 4.29. The van der Waals surface area contributed by atoms with E-state index in [0.29, 0.717) is 0 Å². The fourth-order valence-electron chi connectivity index (χ4n) is 3.23. The standard InChI is InChI=1S/C15H21N3O2/c1-18-7-3-5-11(9-18)16-14(19)12-8-10-4-2-6-13(10)17-15(12)20/h8,11H,2-7,9H2,1H3,(H,16,19)(H,17,20)/t11-/m0/s1. The Morgan fingerprint density at radius 2 is 2.25 bits per heavy atom. The summed E-state index contributed by atoms with van der Waals surface area (Å²) in [5, 5.41) is 3.00. The summed E-state index contributed by atoms with van der Waals surface area (Å²) in [6.07, 6.45) is 5.00. The van der Waals surface area contributed by atoms with Gasteiger partial charge in [0.05, 0.1) is 0 Å². The van der Waals surface area contributed by atoms with E-state index in [1.807, 2.05) is 0 Å². The van der Waals surface area contributed by atoms with Crippen molar-refractivity contribution in [2.75, 3.05) is 20.1 Å². The van der Waals surface area contributed by atoms with Crippen LogP contribution in [-0.4, -0.2) is 42.0 Å². The lowest BCUT2D eigenvalue weighted by Gasteiger charge is -2.30. The number of amides is 1. The molecule has 0 aromatic carbocycles. The number of likely N-dealkylation sites (N-methyl/N-ethyl adjacent to an activating group) is 1. The fraction of sp³-hybridized carbons (Fsp3) is 0.600. The van der Waals surface area contributed by atoms with Gasteiger partial charge in [-0.1, -0.05) is 0 Å². The van der Waals surface area contributed by atoms with Crippen LogP contribution in [0.5, 0.6) is 0 Å².